The molecule has 0 amide bonds. The van der Waals surface area contributed by atoms with E-state index in [1.54, 1.807) is 7.11 Å². The van der Waals surface area contributed by atoms with E-state index < -0.39 is 6.10 Å². The van der Waals surface area contributed by atoms with E-state index >= 15 is 0 Å². The minimum Gasteiger partial charge on any atom is -0.497 e. The van der Waals surface area contributed by atoms with Crippen molar-refractivity contribution >= 4 is 11.4 Å². The highest BCUT2D eigenvalue weighted by atomic mass is 16.5. The van der Waals surface area contributed by atoms with Crippen LogP contribution in [0.1, 0.15) is 32.3 Å². The van der Waals surface area contributed by atoms with Crippen molar-refractivity contribution in [3.8, 4) is 5.75 Å². The molecule has 2 N–H and O–H groups in total. The van der Waals surface area contributed by atoms with Crippen LogP contribution >= 0.6 is 0 Å². The van der Waals surface area contributed by atoms with Crippen molar-refractivity contribution in [1.29, 1.82) is 0 Å². The summed E-state index contributed by atoms with van der Waals surface area (Å²) in [5, 5.41) is 13.9. The molecule has 4 nitrogen and oxygen atoms in total. The van der Waals surface area contributed by atoms with E-state index in [4.69, 9.17) is 4.74 Å². The number of aliphatic hydroxyl groups excluding tert-OH is 1. The molecular formula is C21H28N2O2. The summed E-state index contributed by atoms with van der Waals surface area (Å²) in [6.07, 6.45) is -0.459. The average molecular weight is 340 g/mol. The van der Waals surface area contributed by atoms with Gasteiger partial charge in [-0.1, -0.05) is 25.1 Å². The minimum atomic E-state index is -0.459. The first-order valence-corrected chi connectivity index (χ1v) is 8.86. The summed E-state index contributed by atoms with van der Waals surface area (Å²) in [6, 6.07) is 16.3. The van der Waals surface area contributed by atoms with E-state index in [1.807, 2.05) is 24.3 Å². The second-order valence-electron chi connectivity index (χ2n) is 7.31. The van der Waals surface area contributed by atoms with Crippen molar-refractivity contribution in [3.05, 3.63) is 54.1 Å². The van der Waals surface area contributed by atoms with Crippen LogP contribution < -0.4 is 15.0 Å². The topological polar surface area (TPSA) is 44.7 Å². The molecule has 134 valence electrons. The van der Waals surface area contributed by atoms with Gasteiger partial charge >= 0.3 is 0 Å². The van der Waals surface area contributed by atoms with Crippen molar-refractivity contribution in [2.75, 3.05) is 30.4 Å². The van der Waals surface area contributed by atoms with Gasteiger partial charge in [-0.2, -0.15) is 0 Å². The Morgan fingerprint density at radius 3 is 2.52 bits per heavy atom. The lowest BCUT2D eigenvalue weighted by molar-refractivity contribution is 0.184. The number of fused-ring (bicyclic) bond motifs is 1. The minimum absolute atomic E-state index is 0.00915. The van der Waals surface area contributed by atoms with Crippen LogP contribution in [0.15, 0.2) is 48.5 Å². The Morgan fingerprint density at radius 1 is 1.16 bits per heavy atom. The third-order valence-electron chi connectivity index (χ3n) is 5.47. The van der Waals surface area contributed by atoms with Crippen molar-refractivity contribution < 1.29 is 9.84 Å². The number of β-amino-alcohol motifs (C(OH)–C–C–N with tert-alkyl or cyclic N) is 1. The molecule has 1 aliphatic rings. The van der Waals surface area contributed by atoms with Gasteiger partial charge in [-0.25, -0.2) is 0 Å². The van der Waals surface area contributed by atoms with Gasteiger partial charge in [0.15, 0.2) is 0 Å². The second-order valence-corrected chi connectivity index (χ2v) is 7.31. The summed E-state index contributed by atoms with van der Waals surface area (Å²) in [6.45, 7) is 7.89. The van der Waals surface area contributed by atoms with E-state index in [-0.39, 0.29) is 5.54 Å². The predicted octanol–water partition coefficient (Wildman–Crippen LogP) is 3.87. The zero-order valence-corrected chi connectivity index (χ0v) is 15.5. The van der Waals surface area contributed by atoms with Gasteiger partial charge in [0.2, 0.25) is 0 Å². The van der Waals surface area contributed by atoms with Crippen molar-refractivity contribution in [2.24, 2.45) is 0 Å². The maximum Gasteiger partial charge on any atom is 0.119 e. The number of benzene rings is 2. The molecule has 0 fully saturated rings. The van der Waals surface area contributed by atoms with Crippen molar-refractivity contribution in [1.82, 2.24) is 0 Å². The van der Waals surface area contributed by atoms with Gasteiger partial charge in [0.25, 0.3) is 0 Å². The summed E-state index contributed by atoms with van der Waals surface area (Å²) in [5.41, 5.74) is 3.57. The molecule has 0 radical (unpaired) electrons. The number of methoxy groups -OCH3 is 1. The number of nitrogens with zero attached hydrogens (tertiary/aromatic N) is 1. The van der Waals surface area contributed by atoms with Gasteiger partial charge in [0.05, 0.1) is 13.2 Å². The van der Waals surface area contributed by atoms with E-state index in [0.29, 0.717) is 19.0 Å². The van der Waals surface area contributed by atoms with Gasteiger partial charge < -0.3 is 20.1 Å². The number of rotatable bonds is 6. The molecule has 0 aliphatic carbocycles. The zero-order valence-electron chi connectivity index (χ0n) is 15.5. The molecule has 3 rings (SSSR count). The molecule has 2 aromatic carbocycles. The quantitative estimate of drug-likeness (QED) is 0.838. The van der Waals surface area contributed by atoms with E-state index in [2.05, 4.69) is 55.3 Å². The molecular weight excluding hydrogens is 312 g/mol. The number of hydrogen-bond donors (Lipinski definition) is 2. The Hall–Kier alpha value is -2.20. The lowest BCUT2D eigenvalue weighted by Gasteiger charge is -2.38. The highest BCUT2D eigenvalue weighted by molar-refractivity contribution is 5.63. The fourth-order valence-corrected chi connectivity index (χ4v) is 3.58. The molecule has 1 heterocycles. The molecule has 0 bridgehead atoms. The van der Waals surface area contributed by atoms with Gasteiger partial charge in [-0.05, 0) is 49.7 Å². The molecule has 1 aliphatic heterocycles. The third-order valence-corrected chi connectivity index (χ3v) is 5.47. The molecule has 25 heavy (non-hydrogen) atoms. The highest BCUT2D eigenvalue weighted by Gasteiger charge is 2.42. The zero-order chi connectivity index (χ0) is 18.0. The predicted molar refractivity (Wildman–Crippen MR) is 104 cm³/mol. The smallest absolute Gasteiger partial charge is 0.119 e. The first kappa shape index (κ1) is 17.6. The molecule has 0 spiro atoms. The number of hydrogen-bond acceptors (Lipinski definition) is 4. The number of aliphatic hydroxyl groups is 1. The van der Waals surface area contributed by atoms with Gasteiger partial charge in [0, 0.05) is 35.9 Å². The van der Waals surface area contributed by atoms with Gasteiger partial charge in [-0.15, -0.1) is 0 Å². The number of para-hydroxylation sites is 1. The summed E-state index contributed by atoms with van der Waals surface area (Å²) in [5.74, 6) is 1.26. The number of ether oxygens (including phenoxy) is 1. The molecule has 4 heteroatoms. The molecule has 0 saturated heterocycles. The third kappa shape index (κ3) is 3.45. The summed E-state index contributed by atoms with van der Waals surface area (Å²) in [4.78, 5) is 2.34. The van der Waals surface area contributed by atoms with Crippen molar-refractivity contribution in [3.63, 3.8) is 0 Å². The maximum absolute atomic E-state index is 10.6. The summed E-state index contributed by atoms with van der Waals surface area (Å²) < 4.78 is 5.17. The van der Waals surface area contributed by atoms with Crippen molar-refractivity contribution in [2.45, 2.75) is 38.3 Å². The van der Waals surface area contributed by atoms with Crippen LogP contribution in [0, 0.1) is 0 Å². The number of anilines is 2. The fraction of sp³-hybridized carbons (Fsp3) is 0.429. The number of nitrogens with one attached hydrogen (secondary N) is 1. The van der Waals surface area contributed by atoms with Crippen LogP contribution in [0.25, 0.3) is 0 Å². The van der Waals surface area contributed by atoms with Gasteiger partial charge in [0.1, 0.15) is 5.75 Å². The Labute approximate surface area is 150 Å². The van der Waals surface area contributed by atoms with E-state index in [1.165, 1.54) is 11.3 Å². The molecule has 2 aromatic rings. The average Bonchev–Trinajstić information content (AvgIpc) is 2.81. The molecule has 2 unspecified atom stereocenters. The largest absolute Gasteiger partial charge is 0.497 e. The van der Waals surface area contributed by atoms with Crippen LogP contribution in [0.5, 0.6) is 5.75 Å². The van der Waals surface area contributed by atoms with Crippen LogP contribution in [0.2, 0.25) is 0 Å². The SMILES string of the molecule is COc1ccc(NCC(O)CN2c3ccccc3C(C)C2(C)C)cc1. The Kier molecular flexibility index (Phi) is 4.91. The first-order valence-electron chi connectivity index (χ1n) is 8.86. The monoisotopic (exact) mass is 340 g/mol. The van der Waals surface area contributed by atoms with Crippen LogP contribution in [0.3, 0.4) is 0 Å². The maximum atomic E-state index is 10.6. The Balaban J connectivity index is 1.64. The fourth-order valence-electron chi connectivity index (χ4n) is 3.58. The standard InChI is InChI=1S/C21H28N2O2/c1-15-19-7-5-6-8-20(19)23(21(15,2)3)14-17(24)13-22-16-9-11-18(25-4)12-10-16/h5-12,15,17,22,24H,13-14H2,1-4H3. The summed E-state index contributed by atoms with van der Waals surface area (Å²) in [7, 11) is 1.66. The second kappa shape index (κ2) is 6.96. The first-order chi connectivity index (χ1) is 11.9. The van der Waals surface area contributed by atoms with E-state index in [9.17, 15) is 5.11 Å². The van der Waals surface area contributed by atoms with E-state index in [0.717, 1.165) is 11.4 Å². The Bertz CT molecular complexity index is 712. The van der Waals surface area contributed by atoms with Crippen LogP contribution in [0.4, 0.5) is 11.4 Å². The normalized spacial score (nSPS) is 19.4. The van der Waals surface area contributed by atoms with Crippen LogP contribution in [-0.2, 0) is 0 Å². The molecule has 0 saturated carbocycles. The molecule has 0 aromatic heterocycles. The lowest BCUT2D eigenvalue weighted by Crippen LogP contribution is -2.47. The van der Waals surface area contributed by atoms with Crippen LogP contribution in [-0.4, -0.2) is 36.9 Å². The van der Waals surface area contributed by atoms with Gasteiger partial charge in [-0.3, -0.25) is 0 Å². The lowest BCUT2D eigenvalue weighted by atomic mass is 9.87. The Morgan fingerprint density at radius 2 is 1.84 bits per heavy atom. The molecule has 2 atom stereocenters. The highest BCUT2D eigenvalue weighted by Crippen LogP contribution is 2.46. The summed E-state index contributed by atoms with van der Waals surface area (Å²) >= 11 is 0.